The fourth-order valence-electron chi connectivity index (χ4n) is 3.27. The van der Waals surface area contributed by atoms with Crippen molar-refractivity contribution in [1.29, 1.82) is 0 Å². The second kappa shape index (κ2) is 8.26. The first kappa shape index (κ1) is 20.7. The Bertz CT molecular complexity index is 1370. The summed E-state index contributed by atoms with van der Waals surface area (Å²) in [5.74, 6) is 0. The number of nitrogens with one attached hydrogen (secondary N) is 1. The van der Waals surface area contributed by atoms with Crippen molar-refractivity contribution in [3.63, 3.8) is 0 Å². The molecule has 0 saturated carbocycles. The number of hydrogen-bond donors (Lipinski definition) is 1. The molecule has 0 saturated heterocycles. The largest absolute Gasteiger partial charge is 0.308 e. The maximum atomic E-state index is 12.9. The van der Waals surface area contributed by atoms with Gasteiger partial charge in [-0.2, -0.15) is 0 Å². The van der Waals surface area contributed by atoms with Crippen LogP contribution in [0.4, 0.5) is 5.69 Å². The van der Waals surface area contributed by atoms with E-state index in [1.165, 1.54) is 6.07 Å². The molecule has 8 heteroatoms. The van der Waals surface area contributed by atoms with Crippen molar-refractivity contribution in [2.75, 3.05) is 4.72 Å². The minimum Gasteiger partial charge on any atom is -0.294 e. The number of aromatic nitrogens is 1. The van der Waals surface area contributed by atoms with E-state index >= 15 is 0 Å². The molecule has 0 aliphatic heterocycles. The van der Waals surface area contributed by atoms with Crippen LogP contribution < -0.4 is 9.60 Å². The number of rotatable bonds is 6. The molecule has 154 valence electrons. The van der Waals surface area contributed by atoms with Crippen LogP contribution in [-0.2, 0) is 23.0 Å². The molecule has 0 bridgehead atoms. The highest BCUT2D eigenvalue weighted by Crippen LogP contribution is 2.25. The summed E-state index contributed by atoms with van der Waals surface area (Å²) in [5, 5.41) is 0.633. The molecule has 0 amide bonds. The van der Waals surface area contributed by atoms with Crippen molar-refractivity contribution in [3.8, 4) is 0 Å². The molecule has 0 fully saturated rings. The third kappa shape index (κ3) is 4.14. The summed E-state index contributed by atoms with van der Waals surface area (Å²) >= 11 is 6.96. The highest BCUT2D eigenvalue weighted by Gasteiger charge is 2.18. The average Bonchev–Trinajstić information content (AvgIpc) is 3.04. The number of nitrogens with zero attached hydrogens (tertiary/aromatic N) is 1. The monoisotopic (exact) mass is 458 g/mol. The lowest BCUT2D eigenvalue weighted by atomic mass is 10.1. The van der Waals surface area contributed by atoms with Gasteiger partial charge in [0.25, 0.3) is 10.0 Å². The van der Waals surface area contributed by atoms with Gasteiger partial charge in [0.15, 0.2) is 0 Å². The summed E-state index contributed by atoms with van der Waals surface area (Å²) in [6, 6.07) is 19.4. The smallest absolute Gasteiger partial charge is 0.294 e. The van der Waals surface area contributed by atoms with Gasteiger partial charge in [-0.1, -0.05) is 60.2 Å². The number of fused-ring (bicyclic) bond motifs is 1. The van der Waals surface area contributed by atoms with Gasteiger partial charge in [-0.3, -0.25) is 14.1 Å². The second-order valence-electron chi connectivity index (χ2n) is 6.83. The lowest BCUT2D eigenvalue weighted by Crippen LogP contribution is -2.14. The molecule has 0 radical (unpaired) electrons. The molecule has 0 unspecified atom stereocenters. The van der Waals surface area contributed by atoms with Crippen LogP contribution in [0.2, 0.25) is 5.02 Å². The first-order chi connectivity index (χ1) is 14.4. The molecule has 1 N–H and O–H groups in total. The molecule has 1 heterocycles. The van der Waals surface area contributed by atoms with Crippen molar-refractivity contribution in [2.45, 2.75) is 24.8 Å². The predicted molar refractivity (Wildman–Crippen MR) is 123 cm³/mol. The zero-order valence-corrected chi connectivity index (χ0v) is 18.5. The van der Waals surface area contributed by atoms with E-state index in [1.807, 2.05) is 31.2 Å². The summed E-state index contributed by atoms with van der Waals surface area (Å²) in [4.78, 5) is 12.5. The van der Waals surface area contributed by atoms with Crippen molar-refractivity contribution in [1.82, 2.24) is 4.57 Å². The summed E-state index contributed by atoms with van der Waals surface area (Å²) < 4.78 is 30.8. The van der Waals surface area contributed by atoms with Crippen LogP contribution in [0.3, 0.4) is 0 Å². The first-order valence-corrected chi connectivity index (χ1v) is 12.0. The molecule has 4 aromatic rings. The Hall–Kier alpha value is -2.61. The van der Waals surface area contributed by atoms with Gasteiger partial charge in [0, 0.05) is 5.02 Å². The summed E-state index contributed by atoms with van der Waals surface area (Å²) in [6.45, 7) is 2.37. The summed E-state index contributed by atoms with van der Waals surface area (Å²) in [5.41, 5.74) is 3.12. The summed E-state index contributed by atoms with van der Waals surface area (Å²) in [7, 11) is -3.77. The Kier molecular flexibility index (Phi) is 5.69. The van der Waals surface area contributed by atoms with Crippen molar-refractivity contribution in [3.05, 3.63) is 92.5 Å². The molecular formula is C22H19ClN2O3S2. The molecular weight excluding hydrogens is 440 g/mol. The Morgan fingerprint density at radius 2 is 1.77 bits per heavy atom. The average molecular weight is 459 g/mol. The molecule has 0 spiro atoms. The van der Waals surface area contributed by atoms with Crippen LogP contribution >= 0.6 is 22.9 Å². The minimum atomic E-state index is -3.77. The fraction of sp³-hybridized carbons (Fsp3) is 0.136. The van der Waals surface area contributed by atoms with Gasteiger partial charge in [-0.15, -0.1) is 0 Å². The topological polar surface area (TPSA) is 68.2 Å². The van der Waals surface area contributed by atoms with Gasteiger partial charge in [0.1, 0.15) is 0 Å². The first-order valence-electron chi connectivity index (χ1n) is 9.36. The second-order valence-corrected chi connectivity index (χ2v) is 9.94. The molecule has 5 nitrogen and oxygen atoms in total. The van der Waals surface area contributed by atoms with Crippen LogP contribution in [0.15, 0.2) is 76.4 Å². The zero-order valence-electron chi connectivity index (χ0n) is 16.1. The lowest BCUT2D eigenvalue weighted by Gasteiger charge is -2.12. The maximum Gasteiger partial charge on any atom is 0.308 e. The molecule has 3 aromatic carbocycles. The van der Waals surface area contributed by atoms with E-state index in [1.54, 1.807) is 41.0 Å². The van der Waals surface area contributed by atoms with E-state index in [0.29, 0.717) is 33.9 Å². The van der Waals surface area contributed by atoms with E-state index < -0.39 is 10.0 Å². The fourth-order valence-corrected chi connectivity index (χ4v) is 5.53. The van der Waals surface area contributed by atoms with E-state index in [9.17, 15) is 13.2 Å². The highest BCUT2D eigenvalue weighted by atomic mass is 35.5. The molecule has 30 heavy (non-hydrogen) atoms. The third-order valence-corrected chi connectivity index (χ3v) is 7.40. The minimum absolute atomic E-state index is 0.126. The molecule has 0 aliphatic carbocycles. The Morgan fingerprint density at radius 3 is 2.50 bits per heavy atom. The van der Waals surface area contributed by atoms with Gasteiger partial charge in [0.05, 0.1) is 27.3 Å². The van der Waals surface area contributed by atoms with Crippen molar-refractivity contribution in [2.24, 2.45) is 0 Å². The van der Waals surface area contributed by atoms with Gasteiger partial charge in [0.2, 0.25) is 0 Å². The summed E-state index contributed by atoms with van der Waals surface area (Å²) in [6.07, 6.45) is 0.715. The van der Waals surface area contributed by atoms with E-state index in [4.69, 9.17) is 11.6 Å². The Morgan fingerprint density at radius 1 is 1.03 bits per heavy atom. The van der Waals surface area contributed by atoms with Crippen LogP contribution in [-0.4, -0.2) is 13.0 Å². The Balaban J connectivity index is 1.68. The van der Waals surface area contributed by atoms with Gasteiger partial charge in [-0.05, 0) is 53.9 Å². The van der Waals surface area contributed by atoms with Crippen LogP contribution in [0.1, 0.15) is 18.1 Å². The normalized spacial score (nSPS) is 11.7. The van der Waals surface area contributed by atoms with Gasteiger partial charge < -0.3 is 0 Å². The number of anilines is 1. The van der Waals surface area contributed by atoms with E-state index in [-0.39, 0.29) is 9.77 Å². The van der Waals surface area contributed by atoms with Crippen molar-refractivity contribution >= 4 is 48.9 Å². The molecule has 0 aliphatic rings. The van der Waals surface area contributed by atoms with E-state index in [0.717, 1.165) is 22.5 Å². The highest BCUT2D eigenvalue weighted by molar-refractivity contribution is 7.92. The van der Waals surface area contributed by atoms with Gasteiger partial charge in [-0.25, -0.2) is 8.42 Å². The lowest BCUT2D eigenvalue weighted by molar-refractivity contribution is 0.601. The van der Waals surface area contributed by atoms with Crippen LogP contribution in [0, 0.1) is 0 Å². The molecule has 1 aromatic heterocycles. The molecule has 4 rings (SSSR count). The zero-order chi connectivity index (χ0) is 21.3. The number of halogens is 1. The number of hydrogen-bond acceptors (Lipinski definition) is 4. The standard InChI is InChI=1S/C22H19ClN2O3S2/c1-2-16-5-3-4-6-19(16)24-30(27,28)18-11-12-20-21(13-18)29-22(26)25(20)14-15-7-9-17(23)10-8-15/h3-13,24H,2,14H2,1H3. The predicted octanol–water partition coefficient (Wildman–Crippen LogP) is 5.13. The Labute approximate surface area is 183 Å². The number of sulfonamides is 1. The van der Waals surface area contributed by atoms with Crippen LogP contribution in [0.5, 0.6) is 0 Å². The van der Waals surface area contributed by atoms with Crippen LogP contribution in [0.25, 0.3) is 10.2 Å². The maximum absolute atomic E-state index is 12.9. The number of aryl methyl sites for hydroxylation is 1. The number of thiazole rings is 1. The SMILES string of the molecule is CCc1ccccc1NS(=O)(=O)c1ccc2c(c1)sc(=O)n2Cc1ccc(Cl)cc1. The molecule has 0 atom stereocenters. The quantitative estimate of drug-likeness (QED) is 0.435. The van der Waals surface area contributed by atoms with Crippen molar-refractivity contribution < 1.29 is 8.42 Å². The number of benzene rings is 3. The third-order valence-electron chi connectivity index (χ3n) is 4.85. The van der Waals surface area contributed by atoms with Gasteiger partial charge >= 0.3 is 4.87 Å². The number of para-hydroxylation sites is 1. The van der Waals surface area contributed by atoms with E-state index in [2.05, 4.69) is 4.72 Å².